The van der Waals surface area contributed by atoms with Crippen molar-refractivity contribution < 1.29 is 9.59 Å². The third kappa shape index (κ3) is 4.23. The molecule has 3 N–H and O–H groups in total. The molecule has 0 aromatic heterocycles. The van der Waals surface area contributed by atoms with Crippen molar-refractivity contribution >= 4 is 41.7 Å². The molecule has 0 saturated heterocycles. The molecule has 24 heavy (non-hydrogen) atoms. The maximum Gasteiger partial charge on any atom is 0.240 e. The first-order chi connectivity index (χ1) is 11.2. The van der Waals surface area contributed by atoms with Gasteiger partial charge in [-0.1, -0.05) is 25.0 Å². The molecule has 2 atom stereocenters. The second-order valence-corrected chi connectivity index (χ2v) is 7.21. The van der Waals surface area contributed by atoms with Crippen molar-refractivity contribution in [2.45, 2.75) is 36.6 Å². The molecule has 1 fully saturated rings. The van der Waals surface area contributed by atoms with Gasteiger partial charge in [-0.25, -0.2) is 0 Å². The smallest absolute Gasteiger partial charge is 0.240 e. The lowest BCUT2D eigenvalue weighted by Gasteiger charge is -2.33. The van der Waals surface area contributed by atoms with Crippen LogP contribution >= 0.6 is 24.2 Å². The van der Waals surface area contributed by atoms with Crippen molar-refractivity contribution in [3.05, 3.63) is 24.3 Å². The van der Waals surface area contributed by atoms with E-state index in [4.69, 9.17) is 5.73 Å². The van der Waals surface area contributed by atoms with E-state index in [-0.39, 0.29) is 36.8 Å². The SMILES string of the molecule is Cl.NCC1CCCCC1NC(=O)CN1C(=O)CSc2ccccc21. The summed E-state index contributed by atoms with van der Waals surface area (Å²) < 4.78 is 0. The van der Waals surface area contributed by atoms with Crippen LogP contribution in [0.15, 0.2) is 29.2 Å². The van der Waals surface area contributed by atoms with Crippen molar-refractivity contribution in [1.29, 1.82) is 0 Å². The van der Waals surface area contributed by atoms with Crippen LogP contribution in [0.5, 0.6) is 0 Å². The summed E-state index contributed by atoms with van der Waals surface area (Å²) in [4.78, 5) is 27.3. The Kier molecular flexibility index (Phi) is 6.95. The van der Waals surface area contributed by atoms with Crippen LogP contribution in [0.2, 0.25) is 0 Å². The summed E-state index contributed by atoms with van der Waals surface area (Å²) in [5.74, 6) is 0.639. The van der Waals surface area contributed by atoms with Gasteiger partial charge in [-0.15, -0.1) is 24.2 Å². The first kappa shape index (κ1) is 19.1. The molecular formula is C17H24ClN3O2S. The van der Waals surface area contributed by atoms with E-state index in [1.807, 2.05) is 24.3 Å². The summed E-state index contributed by atoms with van der Waals surface area (Å²) in [6.45, 7) is 0.692. The maximum absolute atomic E-state index is 12.4. The third-order valence-electron chi connectivity index (χ3n) is 4.67. The van der Waals surface area contributed by atoms with Gasteiger partial charge in [0.1, 0.15) is 6.54 Å². The number of nitrogens with two attached hydrogens (primary N) is 1. The number of hydrogen-bond acceptors (Lipinski definition) is 4. The van der Waals surface area contributed by atoms with E-state index in [1.165, 1.54) is 18.2 Å². The van der Waals surface area contributed by atoms with E-state index in [1.54, 1.807) is 4.90 Å². The van der Waals surface area contributed by atoms with Gasteiger partial charge >= 0.3 is 0 Å². The summed E-state index contributed by atoms with van der Waals surface area (Å²) in [5.41, 5.74) is 6.66. The van der Waals surface area contributed by atoms with Gasteiger partial charge in [0, 0.05) is 10.9 Å². The topological polar surface area (TPSA) is 75.4 Å². The lowest BCUT2D eigenvalue weighted by molar-refractivity contribution is -0.123. The minimum atomic E-state index is -0.0922. The van der Waals surface area contributed by atoms with Crippen LogP contribution < -0.4 is 16.0 Å². The van der Waals surface area contributed by atoms with Crippen LogP contribution in [0.4, 0.5) is 5.69 Å². The van der Waals surface area contributed by atoms with Crippen LogP contribution in [-0.4, -0.2) is 36.7 Å². The number of fused-ring (bicyclic) bond motifs is 1. The highest BCUT2D eigenvalue weighted by Gasteiger charge is 2.29. The number of rotatable bonds is 4. The number of thioether (sulfide) groups is 1. The second-order valence-electron chi connectivity index (χ2n) is 6.19. The van der Waals surface area contributed by atoms with Gasteiger partial charge in [0.05, 0.1) is 11.4 Å². The molecule has 1 aliphatic carbocycles. The molecule has 2 unspecified atom stereocenters. The first-order valence-corrected chi connectivity index (χ1v) is 9.19. The van der Waals surface area contributed by atoms with Gasteiger partial charge in [0.15, 0.2) is 0 Å². The summed E-state index contributed by atoms with van der Waals surface area (Å²) in [6, 6.07) is 7.88. The fourth-order valence-corrected chi connectivity index (χ4v) is 4.34. The number of nitrogens with zero attached hydrogens (tertiary/aromatic N) is 1. The fourth-order valence-electron chi connectivity index (χ4n) is 3.40. The van der Waals surface area contributed by atoms with E-state index >= 15 is 0 Å². The Morgan fingerprint density at radius 3 is 2.83 bits per heavy atom. The number of carbonyl (C=O) groups is 2. The molecule has 1 aliphatic heterocycles. The summed E-state index contributed by atoms with van der Waals surface area (Å²) >= 11 is 1.53. The van der Waals surface area contributed by atoms with Crippen LogP contribution in [0, 0.1) is 5.92 Å². The molecule has 1 heterocycles. The number of benzene rings is 1. The number of amides is 2. The van der Waals surface area contributed by atoms with E-state index in [0.29, 0.717) is 18.2 Å². The highest BCUT2D eigenvalue weighted by atomic mass is 35.5. The zero-order chi connectivity index (χ0) is 16.2. The van der Waals surface area contributed by atoms with E-state index in [9.17, 15) is 9.59 Å². The van der Waals surface area contributed by atoms with Crippen LogP contribution in [-0.2, 0) is 9.59 Å². The third-order valence-corrected chi connectivity index (χ3v) is 5.72. The van der Waals surface area contributed by atoms with Crippen molar-refractivity contribution in [3.63, 3.8) is 0 Å². The molecule has 0 spiro atoms. The highest BCUT2D eigenvalue weighted by molar-refractivity contribution is 8.00. The fraction of sp³-hybridized carbons (Fsp3) is 0.529. The zero-order valence-corrected chi connectivity index (χ0v) is 15.2. The van der Waals surface area contributed by atoms with Crippen molar-refractivity contribution in [3.8, 4) is 0 Å². The van der Waals surface area contributed by atoms with Gasteiger partial charge < -0.3 is 16.0 Å². The maximum atomic E-state index is 12.4. The lowest BCUT2D eigenvalue weighted by Crippen LogP contribution is -2.49. The van der Waals surface area contributed by atoms with Gasteiger partial charge in [0.2, 0.25) is 11.8 Å². The molecule has 0 radical (unpaired) electrons. The number of carbonyl (C=O) groups excluding carboxylic acids is 2. The van der Waals surface area contributed by atoms with Gasteiger partial charge in [-0.3, -0.25) is 9.59 Å². The normalized spacial score (nSPS) is 23.2. The quantitative estimate of drug-likeness (QED) is 0.853. The molecular weight excluding hydrogens is 346 g/mol. The van der Waals surface area contributed by atoms with E-state index < -0.39 is 0 Å². The monoisotopic (exact) mass is 369 g/mol. The Morgan fingerprint density at radius 1 is 1.29 bits per heavy atom. The predicted molar refractivity (Wildman–Crippen MR) is 99.7 cm³/mol. The molecule has 2 amide bonds. The molecule has 1 aromatic carbocycles. The molecule has 0 bridgehead atoms. The Morgan fingerprint density at radius 2 is 2.04 bits per heavy atom. The molecule has 2 aliphatic rings. The molecule has 7 heteroatoms. The van der Waals surface area contributed by atoms with Crippen molar-refractivity contribution in [2.24, 2.45) is 11.7 Å². The Bertz CT molecular complexity index is 599. The Hall–Kier alpha value is -1.24. The minimum absolute atomic E-state index is 0. The number of anilines is 1. The summed E-state index contributed by atoms with van der Waals surface area (Å²) in [6.07, 6.45) is 4.37. The predicted octanol–water partition coefficient (Wildman–Crippen LogP) is 2.18. The molecule has 1 saturated carbocycles. The summed E-state index contributed by atoms with van der Waals surface area (Å²) in [7, 11) is 0. The number of para-hydroxylation sites is 1. The van der Waals surface area contributed by atoms with Crippen molar-refractivity contribution in [1.82, 2.24) is 5.32 Å². The van der Waals surface area contributed by atoms with Crippen LogP contribution in [0.3, 0.4) is 0 Å². The Balaban J connectivity index is 0.00000208. The molecule has 132 valence electrons. The Labute approximate surface area is 153 Å². The van der Waals surface area contributed by atoms with E-state index in [2.05, 4.69) is 5.32 Å². The number of nitrogens with one attached hydrogen (secondary N) is 1. The number of hydrogen-bond donors (Lipinski definition) is 2. The lowest BCUT2D eigenvalue weighted by atomic mass is 9.84. The molecule has 1 aromatic rings. The zero-order valence-electron chi connectivity index (χ0n) is 13.6. The number of halogens is 1. The first-order valence-electron chi connectivity index (χ1n) is 8.20. The van der Waals surface area contributed by atoms with Crippen LogP contribution in [0.1, 0.15) is 25.7 Å². The van der Waals surface area contributed by atoms with E-state index in [0.717, 1.165) is 29.8 Å². The van der Waals surface area contributed by atoms with Gasteiger partial charge in [-0.05, 0) is 37.4 Å². The molecule has 5 nitrogen and oxygen atoms in total. The standard InChI is InChI=1S/C17H23N3O2S.ClH/c18-9-12-5-1-2-6-13(12)19-16(21)10-20-14-7-3-4-8-15(14)23-11-17(20)22;/h3-4,7-8,12-13H,1-2,5-6,9-11,18H2,(H,19,21);1H. The highest BCUT2D eigenvalue weighted by Crippen LogP contribution is 2.34. The van der Waals surface area contributed by atoms with Crippen LogP contribution in [0.25, 0.3) is 0 Å². The largest absolute Gasteiger partial charge is 0.351 e. The van der Waals surface area contributed by atoms with Gasteiger partial charge in [0.25, 0.3) is 0 Å². The average Bonchev–Trinajstić information content (AvgIpc) is 2.58. The van der Waals surface area contributed by atoms with Crippen molar-refractivity contribution in [2.75, 3.05) is 23.7 Å². The second kappa shape index (κ2) is 8.74. The average molecular weight is 370 g/mol. The molecule has 3 rings (SSSR count). The summed E-state index contributed by atoms with van der Waals surface area (Å²) in [5, 5.41) is 3.10. The van der Waals surface area contributed by atoms with Gasteiger partial charge in [-0.2, -0.15) is 0 Å². The minimum Gasteiger partial charge on any atom is -0.351 e.